The second-order valence-corrected chi connectivity index (χ2v) is 3.98. The highest BCUT2D eigenvalue weighted by atomic mass is 35.5. The monoisotopic (exact) mass is 226 g/mol. The maximum absolute atomic E-state index is 6.07. The van der Waals surface area contributed by atoms with E-state index in [4.69, 9.17) is 16.3 Å². The summed E-state index contributed by atoms with van der Waals surface area (Å²) in [5.41, 5.74) is 1.05. The minimum atomic E-state index is 0.527. The number of benzene rings is 1. The number of nitrogens with one attached hydrogen (secondary N) is 2. The van der Waals surface area contributed by atoms with Crippen molar-refractivity contribution in [3.05, 3.63) is 23.2 Å². The number of ether oxygens (including phenoxy) is 1. The molecule has 15 heavy (non-hydrogen) atoms. The van der Waals surface area contributed by atoms with Crippen LogP contribution in [0.25, 0.3) is 0 Å². The highest BCUT2D eigenvalue weighted by Crippen LogP contribution is 2.28. The van der Waals surface area contributed by atoms with Crippen molar-refractivity contribution in [2.45, 2.75) is 13.0 Å². The van der Waals surface area contributed by atoms with Gasteiger partial charge >= 0.3 is 0 Å². The van der Waals surface area contributed by atoms with Crippen LogP contribution in [0.2, 0.25) is 5.02 Å². The summed E-state index contributed by atoms with van der Waals surface area (Å²) < 4.78 is 5.36. The zero-order valence-corrected chi connectivity index (χ0v) is 9.47. The van der Waals surface area contributed by atoms with Gasteiger partial charge in [0.15, 0.2) is 0 Å². The first-order chi connectivity index (χ1) is 7.29. The summed E-state index contributed by atoms with van der Waals surface area (Å²) in [4.78, 5) is 0. The van der Waals surface area contributed by atoms with Crippen LogP contribution in [0.3, 0.4) is 0 Å². The standard InChI is InChI=1S/C11H15ClN2O/c1-2-15-11-4-3-8(5-10(11)12)14-9-6-13-7-9/h3-5,9,13-14H,2,6-7H2,1H3. The van der Waals surface area contributed by atoms with Gasteiger partial charge < -0.3 is 15.4 Å². The van der Waals surface area contributed by atoms with Crippen molar-refractivity contribution in [1.82, 2.24) is 5.32 Å². The van der Waals surface area contributed by atoms with Crippen LogP contribution in [0.5, 0.6) is 5.75 Å². The van der Waals surface area contributed by atoms with Crippen LogP contribution in [-0.4, -0.2) is 25.7 Å². The molecule has 3 nitrogen and oxygen atoms in total. The van der Waals surface area contributed by atoms with E-state index in [2.05, 4.69) is 10.6 Å². The molecule has 0 radical (unpaired) electrons. The minimum Gasteiger partial charge on any atom is -0.492 e. The molecular formula is C11H15ClN2O. The summed E-state index contributed by atoms with van der Waals surface area (Å²) in [7, 11) is 0. The Kier molecular flexibility index (Phi) is 3.34. The van der Waals surface area contributed by atoms with E-state index < -0.39 is 0 Å². The van der Waals surface area contributed by atoms with Gasteiger partial charge in [-0.05, 0) is 25.1 Å². The molecule has 1 heterocycles. The Hall–Kier alpha value is -0.930. The molecule has 0 bridgehead atoms. The fourth-order valence-corrected chi connectivity index (χ4v) is 1.72. The lowest BCUT2D eigenvalue weighted by Crippen LogP contribution is -2.51. The van der Waals surface area contributed by atoms with E-state index in [-0.39, 0.29) is 0 Å². The first-order valence-electron chi connectivity index (χ1n) is 5.19. The summed E-state index contributed by atoms with van der Waals surface area (Å²) in [6.45, 7) is 4.62. The van der Waals surface area contributed by atoms with Crippen molar-refractivity contribution in [3.63, 3.8) is 0 Å². The first kappa shape index (κ1) is 10.6. The number of anilines is 1. The summed E-state index contributed by atoms with van der Waals surface area (Å²) in [5, 5.41) is 7.25. The number of hydrogen-bond acceptors (Lipinski definition) is 3. The Morgan fingerprint density at radius 2 is 2.33 bits per heavy atom. The average Bonchev–Trinajstić information content (AvgIpc) is 2.16. The third-order valence-corrected chi connectivity index (χ3v) is 2.68. The van der Waals surface area contributed by atoms with E-state index in [1.807, 2.05) is 25.1 Å². The van der Waals surface area contributed by atoms with Crippen molar-refractivity contribution >= 4 is 17.3 Å². The molecule has 1 aromatic rings. The third kappa shape index (κ3) is 2.55. The molecule has 0 atom stereocenters. The fraction of sp³-hybridized carbons (Fsp3) is 0.455. The smallest absolute Gasteiger partial charge is 0.138 e. The average molecular weight is 227 g/mol. The van der Waals surface area contributed by atoms with Crippen LogP contribution in [0.15, 0.2) is 18.2 Å². The van der Waals surface area contributed by atoms with Gasteiger partial charge in [-0.15, -0.1) is 0 Å². The molecular weight excluding hydrogens is 212 g/mol. The molecule has 1 aromatic carbocycles. The third-order valence-electron chi connectivity index (χ3n) is 2.38. The summed E-state index contributed by atoms with van der Waals surface area (Å²) >= 11 is 6.07. The molecule has 1 fully saturated rings. The van der Waals surface area contributed by atoms with Crippen LogP contribution in [-0.2, 0) is 0 Å². The van der Waals surface area contributed by atoms with Gasteiger partial charge in [0.05, 0.1) is 17.7 Å². The summed E-state index contributed by atoms with van der Waals surface area (Å²) in [6, 6.07) is 6.33. The zero-order valence-electron chi connectivity index (χ0n) is 8.72. The van der Waals surface area contributed by atoms with Gasteiger partial charge in [0.1, 0.15) is 5.75 Å². The number of halogens is 1. The predicted octanol–water partition coefficient (Wildman–Crippen LogP) is 2.12. The highest BCUT2D eigenvalue weighted by molar-refractivity contribution is 6.32. The highest BCUT2D eigenvalue weighted by Gasteiger charge is 2.16. The van der Waals surface area contributed by atoms with Gasteiger partial charge in [0, 0.05) is 18.8 Å². The molecule has 0 aromatic heterocycles. The van der Waals surface area contributed by atoms with E-state index in [0.29, 0.717) is 17.7 Å². The molecule has 0 aliphatic carbocycles. The Labute approximate surface area is 94.8 Å². The van der Waals surface area contributed by atoms with Crippen LogP contribution >= 0.6 is 11.6 Å². The maximum Gasteiger partial charge on any atom is 0.138 e. The van der Waals surface area contributed by atoms with Gasteiger partial charge in [-0.2, -0.15) is 0 Å². The minimum absolute atomic E-state index is 0.527. The molecule has 1 aliphatic rings. The van der Waals surface area contributed by atoms with Crippen molar-refractivity contribution in [2.24, 2.45) is 0 Å². The fourth-order valence-electron chi connectivity index (χ4n) is 1.49. The van der Waals surface area contributed by atoms with E-state index >= 15 is 0 Å². The molecule has 2 rings (SSSR count). The lowest BCUT2D eigenvalue weighted by molar-refractivity contribution is 0.340. The van der Waals surface area contributed by atoms with Crippen LogP contribution < -0.4 is 15.4 Å². The lowest BCUT2D eigenvalue weighted by Gasteiger charge is -2.29. The second kappa shape index (κ2) is 4.73. The molecule has 0 unspecified atom stereocenters. The summed E-state index contributed by atoms with van der Waals surface area (Å²) in [5.74, 6) is 0.747. The van der Waals surface area contributed by atoms with Gasteiger partial charge in [0.25, 0.3) is 0 Å². The van der Waals surface area contributed by atoms with Gasteiger partial charge in [0.2, 0.25) is 0 Å². The SMILES string of the molecule is CCOc1ccc(NC2CNC2)cc1Cl. The van der Waals surface area contributed by atoms with Crippen LogP contribution in [0.1, 0.15) is 6.92 Å². The lowest BCUT2D eigenvalue weighted by atomic mass is 10.1. The quantitative estimate of drug-likeness (QED) is 0.825. The number of rotatable bonds is 4. The Morgan fingerprint density at radius 3 is 2.87 bits per heavy atom. The normalized spacial score (nSPS) is 15.9. The van der Waals surface area contributed by atoms with Gasteiger partial charge in [-0.25, -0.2) is 0 Å². The van der Waals surface area contributed by atoms with E-state index in [9.17, 15) is 0 Å². The Bertz CT molecular complexity index is 339. The van der Waals surface area contributed by atoms with E-state index in [1.165, 1.54) is 0 Å². The zero-order chi connectivity index (χ0) is 10.7. The molecule has 1 saturated heterocycles. The number of hydrogen-bond donors (Lipinski definition) is 2. The largest absolute Gasteiger partial charge is 0.492 e. The Morgan fingerprint density at radius 1 is 1.53 bits per heavy atom. The van der Waals surface area contributed by atoms with Crippen molar-refractivity contribution in [2.75, 3.05) is 25.0 Å². The van der Waals surface area contributed by atoms with Crippen LogP contribution in [0, 0.1) is 0 Å². The molecule has 82 valence electrons. The molecule has 2 N–H and O–H groups in total. The molecule has 0 amide bonds. The van der Waals surface area contributed by atoms with Crippen molar-refractivity contribution in [1.29, 1.82) is 0 Å². The predicted molar refractivity (Wildman–Crippen MR) is 62.9 cm³/mol. The van der Waals surface area contributed by atoms with Gasteiger partial charge in [-0.1, -0.05) is 11.6 Å². The molecule has 0 spiro atoms. The van der Waals surface area contributed by atoms with Crippen molar-refractivity contribution < 1.29 is 4.74 Å². The van der Waals surface area contributed by atoms with E-state index in [1.54, 1.807) is 0 Å². The maximum atomic E-state index is 6.07. The molecule has 0 saturated carbocycles. The Balaban J connectivity index is 2.03. The van der Waals surface area contributed by atoms with Crippen molar-refractivity contribution in [3.8, 4) is 5.75 Å². The topological polar surface area (TPSA) is 33.3 Å². The first-order valence-corrected chi connectivity index (χ1v) is 5.57. The molecule has 1 aliphatic heterocycles. The second-order valence-electron chi connectivity index (χ2n) is 3.58. The van der Waals surface area contributed by atoms with E-state index in [0.717, 1.165) is 24.5 Å². The van der Waals surface area contributed by atoms with Gasteiger partial charge in [-0.3, -0.25) is 0 Å². The van der Waals surface area contributed by atoms with Crippen LogP contribution in [0.4, 0.5) is 5.69 Å². The molecule has 4 heteroatoms. The summed E-state index contributed by atoms with van der Waals surface area (Å²) in [6.07, 6.45) is 0.